The molecule has 0 N–H and O–H groups in total. The van der Waals surface area contributed by atoms with E-state index in [9.17, 15) is 22.8 Å². The SMILES string of the molecule is COc1ccc(C(C)C)c(N2C(=O)CSC2=NC(=O)CCc2ccc(-c3ncn(-c4ccc(OC(F)(F)F)cc4)n3)cc2)c1. The number of aliphatic imine (C=N–C) groups is 1. The average molecular weight is 624 g/mol. The molecule has 0 spiro atoms. The van der Waals surface area contributed by atoms with Crippen molar-refractivity contribution in [2.24, 2.45) is 4.99 Å². The normalized spacial score (nSPS) is 14.5. The van der Waals surface area contributed by atoms with Gasteiger partial charge in [0.25, 0.3) is 0 Å². The Morgan fingerprint density at radius 2 is 1.75 bits per heavy atom. The van der Waals surface area contributed by atoms with Gasteiger partial charge in [0.1, 0.15) is 17.8 Å². The monoisotopic (exact) mass is 623 g/mol. The summed E-state index contributed by atoms with van der Waals surface area (Å²) in [7, 11) is 1.56. The number of halogens is 3. The molecule has 228 valence electrons. The fourth-order valence-electron chi connectivity index (χ4n) is 4.57. The zero-order valence-electron chi connectivity index (χ0n) is 24.0. The van der Waals surface area contributed by atoms with E-state index in [1.54, 1.807) is 13.2 Å². The molecule has 0 bridgehead atoms. The molecule has 0 aliphatic carbocycles. The van der Waals surface area contributed by atoms with Crippen molar-refractivity contribution >= 4 is 34.4 Å². The van der Waals surface area contributed by atoms with Gasteiger partial charge in [-0.1, -0.05) is 55.9 Å². The van der Waals surface area contributed by atoms with E-state index >= 15 is 0 Å². The molecule has 0 atom stereocenters. The topological polar surface area (TPSA) is 98.9 Å². The molecule has 44 heavy (non-hydrogen) atoms. The summed E-state index contributed by atoms with van der Waals surface area (Å²) >= 11 is 1.24. The van der Waals surface area contributed by atoms with Crippen molar-refractivity contribution in [2.45, 2.75) is 39.0 Å². The molecule has 1 aromatic heterocycles. The van der Waals surface area contributed by atoms with E-state index in [0.717, 1.165) is 16.7 Å². The highest BCUT2D eigenvalue weighted by molar-refractivity contribution is 8.15. The number of hydrogen-bond acceptors (Lipinski definition) is 7. The Morgan fingerprint density at radius 3 is 2.41 bits per heavy atom. The Labute approximate surface area is 255 Å². The second-order valence-corrected chi connectivity index (χ2v) is 11.1. The van der Waals surface area contributed by atoms with Gasteiger partial charge in [-0.2, -0.15) is 4.99 Å². The third-order valence-electron chi connectivity index (χ3n) is 6.75. The zero-order chi connectivity index (χ0) is 31.4. The summed E-state index contributed by atoms with van der Waals surface area (Å²) in [5.74, 6) is 0.575. The largest absolute Gasteiger partial charge is 0.573 e. The Morgan fingerprint density at radius 1 is 1.05 bits per heavy atom. The zero-order valence-corrected chi connectivity index (χ0v) is 24.9. The number of carbonyl (C=O) groups is 2. The van der Waals surface area contributed by atoms with Crippen LogP contribution in [0.25, 0.3) is 17.1 Å². The first-order valence-electron chi connectivity index (χ1n) is 13.6. The number of hydrogen-bond donors (Lipinski definition) is 0. The molecule has 1 aliphatic heterocycles. The molecular formula is C31H28F3N5O4S. The lowest BCUT2D eigenvalue weighted by Gasteiger charge is -2.22. The summed E-state index contributed by atoms with van der Waals surface area (Å²) in [5, 5.41) is 4.77. The molecule has 4 aromatic rings. The van der Waals surface area contributed by atoms with E-state index in [1.165, 1.54) is 51.9 Å². The van der Waals surface area contributed by atoms with E-state index in [4.69, 9.17) is 4.74 Å². The smallest absolute Gasteiger partial charge is 0.497 e. The van der Waals surface area contributed by atoms with Crippen molar-refractivity contribution in [1.29, 1.82) is 0 Å². The van der Waals surface area contributed by atoms with Crippen LogP contribution in [0.1, 0.15) is 37.3 Å². The first-order chi connectivity index (χ1) is 21.0. The van der Waals surface area contributed by atoms with Crippen LogP contribution in [0.3, 0.4) is 0 Å². The number of benzene rings is 3. The molecule has 2 amide bonds. The maximum Gasteiger partial charge on any atom is 0.573 e. The lowest BCUT2D eigenvalue weighted by molar-refractivity contribution is -0.274. The predicted octanol–water partition coefficient (Wildman–Crippen LogP) is 6.56. The minimum Gasteiger partial charge on any atom is -0.497 e. The van der Waals surface area contributed by atoms with E-state index in [-0.39, 0.29) is 35.7 Å². The van der Waals surface area contributed by atoms with Crippen LogP contribution in [-0.2, 0) is 16.0 Å². The van der Waals surface area contributed by atoms with Crippen molar-refractivity contribution in [3.63, 3.8) is 0 Å². The Bertz CT molecular complexity index is 1690. The van der Waals surface area contributed by atoms with Gasteiger partial charge in [0, 0.05) is 18.1 Å². The number of alkyl halides is 3. The minimum absolute atomic E-state index is 0.143. The van der Waals surface area contributed by atoms with Crippen LogP contribution in [0, 0.1) is 0 Å². The molecule has 5 rings (SSSR count). The van der Waals surface area contributed by atoms with Gasteiger partial charge in [-0.15, -0.1) is 18.3 Å². The van der Waals surface area contributed by atoms with Crippen molar-refractivity contribution in [3.05, 3.63) is 84.2 Å². The molecule has 1 fully saturated rings. The third-order valence-corrected chi connectivity index (χ3v) is 7.68. The third kappa shape index (κ3) is 7.28. The molecule has 2 heterocycles. The fraction of sp³-hybridized carbons (Fsp3) is 0.258. The molecule has 1 saturated heterocycles. The Kier molecular flexibility index (Phi) is 9.04. The summed E-state index contributed by atoms with van der Waals surface area (Å²) in [6.45, 7) is 4.07. The highest BCUT2D eigenvalue weighted by Crippen LogP contribution is 2.36. The lowest BCUT2D eigenvalue weighted by atomic mass is 10.00. The van der Waals surface area contributed by atoms with E-state index < -0.39 is 6.36 Å². The van der Waals surface area contributed by atoms with Crippen LogP contribution < -0.4 is 14.4 Å². The summed E-state index contributed by atoms with van der Waals surface area (Å²) in [6, 6.07) is 18.3. The van der Waals surface area contributed by atoms with Crippen LogP contribution in [0.15, 0.2) is 78.0 Å². The second kappa shape index (κ2) is 12.9. The number of rotatable bonds is 9. The van der Waals surface area contributed by atoms with E-state index in [2.05, 4.69) is 19.8 Å². The number of amides is 2. The molecule has 13 heteroatoms. The van der Waals surface area contributed by atoms with Crippen LogP contribution >= 0.6 is 11.8 Å². The molecule has 9 nitrogen and oxygen atoms in total. The quantitative estimate of drug-likeness (QED) is 0.208. The molecule has 0 saturated carbocycles. The highest BCUT2D eigenvalue weighted by Gasteiger charge is 2.33. The number of aryl methyl sites for hydroxylation is 1. The second-order valence-electron chi connectivity index (χ2n) is 10.1. The van der Waals surface area contributed by atoms with Gasteiger partial charge >= 0.3 is 6.36 Å². The Hall–Kier alpha value is -4.65. The predicted molar refractivity (Wildman–Crippen MR) is 161 cm³/mol. The molecule has 3 aromatic carbocycles. The first kappa shape index (κ1) is 30.8. The van der Waals surface area contributed by atoms with Gasteiger partial charge in [0.2, 0.25) is 11.8 Å². The van der Waals surface area contributed by atoms with E-state index in [0.29, 0.717) is 34.5 Å². The van der Waals surface area contributed by atoms with Gasteiger partial charge in [0.05, 0.1) is 24.2 Å². The number of anilines is 1. The number of methoxy groups -OCH3 is 1. The molecule has 1 aliphatic rings. The summed E-state index contributed by atoms with van der Waals surface area (Å²) in [4.78, 5) is 35.8. The van der Waals surface area contributed by atoms with E-state index in [1.807, 2.05) is 50.2 Å². The highest BCUT2D eigenvalue weighted by atomic mass is 32.2. The molecule has 0 radical (unpaired) electrons. The lowest BCUT2D eigenvalue weighted by Crippen LogP contribution is -2.31. The Balaban J connectivity index is 1.23. The summed E-state index contributed by atoms with van der Waals surface area (Å²) in [6.07, 6.45) is -2.70. The van der Waals surface area contributed by atoms with Crippen molar-refractivity contribution in [3.8, 4) is 28.6 Å². The minimum atomic E-state index is -4.76. The number of aromatic nitrogens is 3. The van der Waals surface area contributed by atoms with Gasteiger partial charge in [-0.25, -0.2) is 9.67 Å². The number of amidine groups is 1. The number of carbonyl (C=O) groups excluding carboxylic acids is 2. The maximum atomic E-state index is 12.9. The maximum absolute atomic E-state index is 12.9. The number of nitrogens with zero attached hydrogens (tertiary/aromatic N) is 5. The fourth-order valence-corrected chi connectivity index (χ4v) is 5.45. The first-order valence-corrected chi connectivity index (χ1v) is 14.6. The van der Waals surface area contributed by atoms with Gasteiger partial charge in [-0.05, 0) is 53.8 Å². The van der Waals surface area contributed by atoms with Gasteiger partial charge in [-0.3, -0.25) is 14.5 Å². The molecule has 0 unspecified atom stereocenters. The van der Waals surface area contributed by atoms with Crippen LogP contribution in [0.5, 0.6) is 11.5 Å². The average Bonchev–Trinajstić information content (AvgIpc) is 3.62. The van der Waals surface area contributed by atoms with Crippen molar-refractivity contribution in [1.82, 2.24) is 14.8 Å². The number of ether oxygens (including phenoxy) is 2. The van der Waals surface area contributed by atoms with Crippen LogP contribution in [0.4, 0.5) is 18.9 Å². The van der Waals surface area contributed by atoms with Gasteiger partial charge < -0.3 is 9.47 Å². The van der Waals surface area contributed by atoms with Crippen molar-refractivity contribution < 1.29 is 32.2 Å². The summed E-state index contributed by atoms with van der Waals surface area (Å²) < 4.78 is 47.9. The molecular weight excluding hydrogens is 595 g/mol. The van der Waals surface area contributed by atoms with Gasteiger partial charge in [0.15, 0.2) is 11.0 Å². The summed E-state index contributed by atoms with van der Waals surface area (Å²) in [5.41, 5.74) is 3.77. The number of thioether (sulfide) groups is 1. The standard InChI is InChI=1S/C31H28F3N5O4S/c1-19(2)25-14-13-24(42-3)16-26(25)39-28(41)17-44-30(39)36-27(40)15-6-20-4-7-21(8-5-20)29-35-18-38(37-29)22-9-11-23(12-10-22)43-31(32,33)34/h4-5,7-14,16,18-19H,6,15,17H2,1-3H3. The van der Waals surface area contributed by atoms with Crippen LogP contribution in [0.2, 0.25) is 0 Å². The van der Waals surface area contributed by atoms with Crippen molar-refractivity contribution in [2.75, 3.05) is 17.8 Å². The van der Waals surface area contributed by atoms with Crippen LogP contribution in [-0.4, -0.2) is 51.0 Å².